The van der Waals surface area contributed by atoms with Crippen LogP contribution in [0.5, 0.6) is 0 Å². The van der Waals surface area contributed by atoms with Crippen LogP contribution in [0.1, 0.15) is 48.0 Å². The first-order valence-electron chi connectivity index (χ1n) is 6.71. The van der Waals surface area contributed by atoms with Gasteiger partial charge in [-0.25, -0.2) is 4.39 Å². The van der Waals surface area contributed by atoms with E-state index in [0.29, 0.717) is 6.54 Å². The van der Waals surface area contributed by atoms with E-state index in [9.17, 15) is 9.18 Å². The van der Waals surface area contributed by atoms with Crippen molar-refractivity contribution in [3.8, 4) is 0 Å². The number of hydrogen-bond donors (Lipinski definition) is 1. The Balaban J connectivity index is 1.83. The van der Waals surface area contributed by atoms with Crippen LogP contribution in [-0.4, -0.2) is 12.5 Å². The molecule has 1 aliphatic carbocycles. The van der Waals surface area contributed by atoms with Crippen LogP contribution in [0, 0.1) is 18.7 Å². The van der Waals surface area contributed by atoms with Gasteiger partial charge < -0.3 is 5.32 Å². The standard InChI is InChI=1S/C15H20FNO/c1-11-6-7-13(14(16)10-11)15(18)17-9-8-12-4-2-3-5-12/h6-7,10,12H,2-5,8-9H2,1H3,(H,17,18). The first-order valence-corrected chi connectivity index (χ1v) is 6.71. The van der Waals surface area contributed by atoms with Gasteiger partial charge in [-0.3, -0.25) is 4.79 Å². The van der Waals surface area contributed by atoms with Crippen LogP contribution in [0.2, 0.25) is 0 Å². The van der Waals surface area contributed by atoms with Crippen molar-refractivity contribution in [1.29, 1.82) is 0 Å². The summed E-state index contributed by atoms with van der Waals surface area (Å²) in [5.41, 5.74) is 0.974. The van der Waals surface area contributed by atoms with Crippen LogP contribution in [0.3, 0.4) is 0 Å². The lowest BCUT2D eigenvalue weighted by molar-refractivity contribution is 0.0947. The van der Waals surface area contributed by atoms with Crippen LogP contribution in [-0.2, 0) is 0 Å². The molecule has 0 radical (unpaired) electrons. The third-order valence-electron chi connectivity index (χ3n) is 3.68. The Bertz CT molecular complexity index is 425. The Morgan fingerprint density at radius 2 is 2.11 bits per heavy atom. The number of amides is 1. The zero-order valence-electron chi connectivity index (χ0n) is 10.8. The molecule has 1 aromatic rings. The fourth-order valence-electron chi connectivity index (χ4n) is 2.59. The van der Waals surface area contributed by atoms with Crippen LogP contribution in [0.4, 0.5) is 4.39 Å². The predicted octanol–water partition coefficient (Wildman–Crippen LogP) is 3.44. The molecule has 3 heteroatoms. The van der Waals surface area contributed by atoms with E-state index in [0.717, 1.165) is 17.9 Å². The maximum atomic E-state index is 13.6. The molecule has 1 fully saturated rings. The largest absolute Gasteiger partial charge is 0.352 e. The second-order valence-electron chi connectivity index (χ2n) is 5.18. The van der Waals surface area contributed by atoms with E-state index in [1.54, 1.807) is 12.1 Å². The number of nitrogens with one attached hydrogen (secondary N) is 1. The monoisotopic (exact) mass is 249 g/mol. The minimum Gasteiger partial charge on any atom is -0.352 e. The second-order valence-corrected chi connectivity index (χ2v) is 5.18. The molecule has 0 aliphatic heterocycles. The predicted molar refractivity (Wildman–Crippen MR) is 70.0 cm³/mol. The van der Waals surface area contributed by atoms with Crippen molar-refractivity contribution >= 4 is 5.91 Å². The molecule has 1 saturated carbocycles. The molecule has 2 nitrogen and oxygen atoms in total. The molecule has 98 valence electrons. The lowest BCUT2D eigenvalue weighted by Gasteiger charge is -2.10. The number of benzene rings is 1. The van der Waals surface area contributed by atoms with E-state index in [4.69, 9.17) is 0 Å². The van der Waals surface area contributed by atoms with Crippen molar-refractivity contribution in [1.82, 2.24) is 5.32 Å². The van der Waals surface area contributed by atoms with Crippen LogP contribution >= 0.6 is 0 Å². The SMILES string of the molecule is Cc1ccc(C(=O)NCCC2CCCC2)c(F)c1. The highest BCUT2D eigenvalue weighted by atomic mass is 19.1. The van der Waals surface area contributed by atoms with Gasteiger partial charge in [-0.2, -0.15) is 0 Å². The van der Waals surface area contributed by atoms with Gasteiger partial charge in [0, 0.05) is 6.54 Å². The molecule has 2 rings (SSSR count). The molecule has 1 aromatic carbocycles. The molecule has 0 atom stereocenters. The Morgan fingerprint density at radius 1 is 1.39 bits per heavy atom. The first kappa shape index (κ1) is 13.1. The van der Waals surface area contributed by atoms with E-state index in [-0.39, 0.29) is 11.5 Å². The Hall–Kier alpha value is -1.38. The molecule has 0 spiro atoms. The summed E-state index contributed by atoms with van der Waals surface area (Å²) in [6, 6.07) is 4.70. The number of carbonyl (C=O) groups excluding carboxylic acids is 1. The number of rotatable bonds is 4. The summed E-state index contributed by atoms with van der Waals surface area (Å²) in [5, 5.41) is 2.81. The summed E-state index contributed by atoms with van der Waals surface area (Å²) < 4.78 is 13.6. The topological polar surface area (TPSA) is 29.1 Å². The Morgan fingerprint density at radius 3 is 2.78 bits per heavy atom. The number of halogens is 1. The third kappa shape index (κ3) is 3.31. The summed E-state index contributed by atoms with van der Waals surface area (Å²) in [4.78, 5) is 11.8. The minimum absolute atomic E-state index is 0.145. The van der Waals surface area contributed by atoms with Crippen LogP contribution in [0.15, 0.2) is 18.2 Å². The van der Waals surface area contributed by atoms with E-state index in [2.05, 4.69) is 5.32 Å². The van der Waals surface area contributed by atoms with E-state index in [1.807, 2.05) is 6.92 Å². The van der Waals surface area contributed by atoms with Crippen LogP contribution < -0.4 is 5.32 Å². The fraction of sp³-hybridized carbons (Fsp3) is 0.533. The molecular weight excluding hydrogens is 229 g/mol. The highest BCUT2D eigenvalue weighted by Crippen LogP contribution is 2.26. The summed E-state index contributed by atoms with van der Waals surface area (Å²) in [6.45, 7) is 2.46. The lowest BCUT2D eigenvalue weighted by Crippen LogP contribution is -2.26. The number of carbonyl (C=O) groups is 1. The van der Waals surface area contributed by atoms with Gasteiger partial charge in [-0.05, 0) is 37.0 Å². The van der Waals surface area contributed by atoms with E-state index >= 15 is 0 Å². The van der Waals surface area contributed by atoms with Crippen molar-refractivity contribution in [3.05, 3.63) is 35.1 Å². The Kier molecular flexibility index (Phi) is 4.34. The molecule has 0 aromatic heterocycles. The average Bonchev–Trinajstić information content (AvgIpc) is 2.81. The highest BCUT2D eigenvalue weighted by Gasteiger charge is 2.16. The van der Waals surface area contributed by atoms with Gasteiger partial charge in [0.2, 0.25) is 0 Å². The van der Waals surface area contributed by atoms with Crippen molar-refractivity contribution in [2.75, 3.05) is 6.54 Å². The molecule has 0 heterocycles. The molecular formula is C15H20FNO. The zero-order chi connectivity index (χ0) is 13.0. The van der Waals surface area contributed by atoms with E-state index < -0.39 is 5.82 Å². The van der Waals surface area contributed by atoms with Crippen molar-refractivity contribution in [3.63, 3.8) is 0 Å². The van der Waals surface area contributed by atoms with E-state index in [1.165, 1.54) is 31.7 Å². The quantitative estimate of drug-likeness (QED) is 0.870. The molecule has 18 heavy (non-hydrogen) atoms. The normalized spacial score (nSPS) is 15.9. The molecule has 0 bridgehead atoms. The van der Waals surface area contributed by atoms with Gasteiger partial charge in [-0.15, -0.1) is 0 Å². The smallest absolute Gasteiger partial charge is 0.254 e. The maximum absolute atomic E-state index is 13.6. The average molecular weight is 249 g/mol. The zero-order valence-corrected chi connectivity index (χ0v) is 10.8. The molecule has 1 aliphatic rings. The van der Waals surface area contributed by atoms with Gasteiger partial charge in [0.05, 0.1) is 5.56 Å². The molecule has 0 saturated heterocycles. The van der Waals surface area contributed by atoms with Crippen molar-refractivity contribution < 1.29 is 9.18 Å². The summed E-state index contributed by atoms with van der Waals surface area (Å²) in [7, 11) is 0. The first-order chi connectivity index (χ1) is 8.66. The minimum atomic E-state index is -0.437. The van der Waals surface area contributed by atoms with Crippen molar-refractivity contribution in [2.24, 2.45) is 5.92 Å². The summed E-state index contributed by atoms with van der Waals surface area (Å²) in [5.74, 6) is 0.00651. The fourth-order valence-corrected chi connectivity index (χ4v) is 2.59. The molecule has 1 N–H and O–H groups in total. The van der Waals surface area contributed by atoms with Crippen molar-refractivity contribution in [2.45, 2.75) is 39.0 Å². The van der Waals surface area contributed by atoms with Gasteiger partial charge >= 0.3 is 0 Å². The summed E-state index contributed by atoms with van der Waals surface area (Å²) in [6.07, 6.45) is 6.18. The third-order valence-corrected chi connectivity index (χ3v) is 3.68. The maximum Gasteiger partial charge on any atom is 0.254 e. The number of aryl methyl sites for hydroxylation is 1. The number of hydrogen-bond acceptors (Lipinski definition) is 1. The highest BCUT2D eigenvalue weighted by molar-refractivity contribution is 5.94. The van der Waals surface area contributed by atoms with Gasteiger partial charge in [0.1, 0.15) is 5.82 Å². The molecule has 1 amide bonds. The summed E-state index contributed by atoms with van der Waals surface area (Å²) >= 11 is 0. The van der Waals surface area contributed by atoms with Gasteiger partial charge in [0.25, 0.3) is 5.91 Å². The van der Waals surface area contributed by atoms with Crippen LogP contribution in [0.25, 0.3) is 0 Å². The van der Waals surface area contributed by atoms with Gasteiger partial charge in [-0.1, -0.05) is 31.7 Å². The lowest BCUT2D eigenvalue weighted by atomic mass is 10.0. The molecule has 0 unspecified atom stereocenters. The Labute approximate surface area is 108 Å². The van der Waals surface area contributed by atoms with Gasteiger partial charge in [0.15, 0.2) is 0 Å². The second kappa shape index (κ2) is 5.98.